The largest absolute Gasteiger partial charge is 0.465 e. The van der Waals surface area contributed by atoms with E-state index < -0.39 is 62.2 Å². The van der Waals surface area contributed by atoms with Crippen LogP contribution in [0, 0.1) is 0 Å². The van der Waals surface area contributed by atoms with Crippen molar-refractivity contribution in [1.82, 2.24) is 25.1 Å². The highest BCUT2D eigenvalue weighted by molar-refractivity contribution is 7.13. The van der Waals surface area contributed by atoms with E-state index in [1.807, 2.05) is 0 Å². The van der Waals surface area contributed by atoms with E-state index in [4.69, 9.17) is 0 Å². The van der Waals surface area contributed by atoms with Gasteiger partial charge in [-0.25, -0.2) is 23.5 Å². The first-order valence-electron chi connectivity index (χ1n) is 11.9. The Balaban J connectivity index is 1.52. The molecule has 208 valence electrons. The van der Waals surface area contributed by atoms with E-state index in [0.717, 1.165) is 4.90 Å². The fourth-order valence-electron chi connectivity index (χ4n) is 4.72. The van der Waals surface area contributed by atoms with Crippen LogP contribution in [0.5, 0.6) is 0 Å². The topological polar surface area (TPSA) is 119 Å². The van der Waals surface area contributed by atoms with Gasteiger partial charge in [-0.15, -0.1) is 11.3 Å². The van der Waals surface area contributed by atoms with Gasteiger partial charge in [-0.3, -0.25) is 9.69 Å². The number of rotatable bonds is 7. The number of thiophene rings is 1. The van der Waals surface area contributed by atoms with Crippen molar-refractivity contribution in [3.8, 4) is 10.7 Å². The third-order valence-corrected chi connectivity index (χ3v) is 7.31. The van der Waals surface area contributed by atoms with Crippen LogP contribution in [0.2, 0.25) is 0 Å². The minimum absolute atomic E-state index is 0.0581. The number of hydrogen-bond donors (Lipinski definition) is 3. The lowest BCUT2D eigenvalue weighted by atomic mass is 9.99. The number of aromatic nitrogens is 2. The van der Waals surface area contributed by atoms with Crippen LogP contribution in [0.25, 0.3) is 10.7 Å². The number of carboxylic acid groups (broad SMARTS) is 1. The molecule has 15 heteroatoms. The predicted octanol–water partition coefficient (Wildman–Crippen LogP) is 3.27. The molecule has 2 aliphatic rings. The zero-order valence-corrected chi connectivity index (χ0v) is 20.9. The van der Waals surface area contributed by atoms with Crippen LogP contribution in [0.3, 0.4) is 0 Å². The second kappa shape index (κ2) is 11.1. The van der Waals surface area contributed by atoms with Crippen molar-refractivity contribution < 1.29 is 41.8 Å². The number of carbonyl (C=O) groups excluding carboxylic acids is 1. The fourth-order valence-corrected chi connectivity index (χ4v) is 5.38. The first-order chi connectivity index (χ1) is 17.8. The van der Waals surface area contributed by atoms with E-state index >= 15 is 0 Å². The Labute approximate surface area is 218 Å². The van der Waals surface area contributed by atoms with Crippen LogP contribution in [-0.4, -0.2) is 86.0 Å². The van der Waals surface area contributed by atoms with Gasteiger partial charge in [0, 0.05) is 25.9 Å². The molecule has 1 fully saturated rings. The van der Waals surface area contributed by atoms with E-state index in [2.05, 4.69) is 15.3 Å². The Kier molecular flexibility index (Phi) is 8.18. The molecule has 4 heterocycles. The third kappa shape index (κ3) is 7.14. The number of likely N-dealkylation sites (tertiary alicyclic amines) is 1. The predicted molar refractivity (Wildman–Crippen MR) is 126 cm³/mol. The van der Waals surface area contributed by atoms with Crippen LogP contribution in [0.4, 0.5) is 26.7 Å². The van der Waals surface area contributed by atoms with Crippen molar-refractivity contribution in [3.05, 3.63) is 34.5 Å². The lowest BCUT2D eigenvalue weighted by Crippen LogP contribution is -2.54. The molecule has 0 saturated carbocycles. The number of hydrogen-bond acceptors (Lipinski definition) is 7. The SMILES string of the molecule is O=C(O)N[C@@H](CC(=O)N1CCc2c(nc(-c3cccs3)nc2CC(F)(F)F)C1)CN1CC(F)(F)CCC1O. The number of carbonyl (C=O) groups is 2. The molecule has 0 spiro atoms. The normalized spacial score (nSPS) is 20.6. The minimum atomic E-state index is -4.49. The molecule has 0 aliphatic carbocycles. The summed E-state index contributed by atoms with van der Waals surface area (Å²) >= 11 is 1.26. The summed E-state index contributed by atoms with van der Waals surface area (Å²) in [5, 5.41) is 23.2. The van der Waals surface area contributed by atoms with Crippen LogP contribution in [-0.2, 0) is 24.2 Å². The minimum Gasteiger partial charge on any atom is -0.465 e. The number of aliphatic hydroxyl groups is 1. The maximum absolute atomic E-state index is 13.9. The maximum atomic E-state index is 13.9. The van der Waals surface area contributed by atoms with Gasteiger partial charge in [0.05, 0.1) is 41.8 Å². The zero-order chi connectivity index (χ0) is 27.7. The molecule has 38 heavy (non-hydrogen) atoms. The molecule has 4 rings (SSSR count). The first kappa shape index (κ1) is 28.1. The number of piperidine rings is 1. The number of nitrogens with one attached hydrogen (secondary N) is 1. The van der Waals surface area contributed by atoms with Crippen LogP contribution in [0.1, 0.15) is 36.2 Å². The second-order valence-electron chi connectivity index (χ2n) is 9.41. The molecule has 1 unspecified atom stereocenters. The summed E-state index contributed by atoms with van der Waals surface area (Å²) in [6.45, 7) is -1.14. The number of aliphatic hydroxyl groups excluding tert-OH is 1. The molecule has 1 saturated heterocycles. The summed E-state index contributed by atoms with van der Waals surface area (Å²) in [5.74, 6) is -3.46. The monoisotopic (exact) mass is 563 g/mol. The molecule has 2 aromatic rings. The van der Waals surface area contributed by atoms with Crippen molar-refractivity contribution in [3.63, 3.8) is 0 Å². The smallest absolute Gasteiger partial charge is 0.404 e. The number of fused-ring (bicyclic) bond motifs is 1. The Hall–Kier alpha value is -2.91. The molecular weight excluding hydrogens is 537 g/mol. The Morgan fingerprint density at radius 2 is 2.05 bits per heavy atom. The van der Waals surface area contributed by atoms with Crippen molar-refractivity contribution in [2.45, 2.75) is 63.0 Å². The summed E-state index contributed by atoms with van der Waals surface area (Å²) in [6.07, 6.45) is -9.42. The Morgan fingerprint density at radius 1 is 1.29 bits per heavy atom. The highest BCUT2D eigenvalue weighted by atomic mass is 32.1. The van der Waals surface area contributed by atoms with Gasteiger partial charge >= 0.3 is 12.3 Å². The first-order valence-corrected chi connectivity index (χ1v) is 12.7. The van der Waals surface area contributed by atoms with E-state index in [0.29, 0.717) is 10.4 Å². The van der Waals surface area contributed by atoms with Crippen LogP contribution in [0.15, 0.2) is 17.5 Å². The van der Waals surface area contributed by atoms with Gasteiger partial charge < -0.3 is 20.4 Å². The highest BCUT2D eigenvalue weighted by Gasteiger charge is 2.40. The molecule has 0 aromatic carbocycles. The summed E-state index contributed by atoms with van der Waals surface area (Å²) in [6, 6.07) is 2.29. The van der Waals surface area contributed by atoms with Crippen molar-refractivity contribution >= 4 is 23.3 Å². The molecule has 2 amide bonds. The van der Waals surface area contributed by atoms with Crippen molar-refractivity contribution in [1.29, 1.82) is 0 Å². The lowest BCUT2D eigenvalue weighted by molar-refractivity contribution is -0.139. The lowest BCUT2D eigenvalue weighted by Gasteiger charge is -2.38. The summed E-state index contributed by atoms with van der Waals surface area (Å²) in [5.41, 5.74) is 0.449. The van der Waals surface area contributed by atoms with E-state index in [-0.39, 0.29) is 49.7 Å². The number of nitrogens with zero attached hydrogens (tertiary/aromatic N) is 4. The molecular formula is C23H26F5N5O4S. The fraction of sp³-hybridized carbons (Fsp3) is 0.565. The highest BCUT2D eigenvalue weighted by Crippen LogP contribution is 2.31. The van der Waals surface area contributed by atoms with Crippen LogP contribution < -0.4 is 5.32 Å². The van der Waals surface area contributed by atoms with Crippen molar-refractivity contribution in [2.24, 2.45) is 0 Å². The quantitative estimate of drug-likeness (QED) is 0.443. The molecule has 2 atom stereocenters. The standard InChI is InChI=1S/C23H26F5N5O4S/c24-22(25)5-3-18(34)33(12-22)10-13(29-21(36)37)8-19(35)32-6-4-14-15(9-23(26,27)28)30-20(31-16(14)11-32)17-2-1-7-38-17/h1-2,7,13,18,29,34H,3-6,8-12H2,(H,36,37)/t13-,18?/m0/s1. The maximum Gasteiger partial charge on any atom is 0.404 e. The zero-order valence-electron chi connectivity index (χ0n) is 20.0. The molecule has 0 radical (unpaired) electrons. The molecule has 2 aliphatic heterocycles. The van der Waals surface area contributed by atoms with Gasteiger partial charge in [-0.05, 0) is 29.9 Å². The molecule has 0 bridgehead atoms. The van der Waals surface area contributed by atoms with E-state index in [1.54, 1.807) is 17.5 Å². The average molecular weight is 564 g/mol. The third-order valence-electron chi connectivity index (χ3n) is 6.44. The van der Waals surface area contributed by atoms with Gasteiger partial charge in [0.15, 0.2) is 5.82 Å². The summed E-state index contributed by atoms with van der Waals surface area (Å²) in [4.78, 5) is 36.0. The average Bonchev–Trinajstić information content (AvgIpc) is 3.34. The van der Waals surface area contributed by atoms with Crippen LogP contribution >= 0.6 is 11.3 Å². The van der Waals surface area contributed by atoms with Gasteiger partial charge in [0.25, 0.3) is 5.92 Å². The molecule has 3 N–H and O–H groups in total. The summed E-state index contributed by atoms with van der Waals surface area (Å²) in [7, 11) is 0. The van der Waals surface area contributed by atoms with Gasteiger partial charge in [0.2, 0.25) is 5.91 Å². The van der Waals surface area contributed by atoms with Gasteiger partial charge in [-0.2, -0.15) is 13.2 Å². The molecule has 9 nitrogen and oxygen atoms in total. The van der Waals surface area contributed by atoms with Gasteiger partial charge in [-0.1, -0.05) is 6.07 Å². The Bertz CT molecular complexity index is 1160. The number of alkyl halides is 5. The number of amides is 2. The van der Waals surface area contributed by atoms with E-state index in [9.17, 15) is 41.8 Å². The molecule has 2 aromatic heterocycles. The van der Waals surface area contributed by atoms with E-state index in [1.165, 1.54) is 16.2 Å². The van der Waals surface area contributed by atoms with Crippen molar-refractivity contribution in [2.75, 3.05) is 19.6 Å². The second-order valence-corrected chi connectivity index (χ2v) is 10.4. The number of halogens is 5. The Morgan fingerprint density at radius 3 is 2.71 bits per heavy atom. The van der Waals surface area contributed by atoms with Gasteiger partial charge in [0.1, 0.15) is 6.23 Å². The summed E-state index contributed by atoms with van der Waals surface area (Å²) < 4.78 is 67.5.